The number of piperidine rings is 1. The molecule has 1 saturated heterocycles. The van der Waals surface area contributed by atoms with Gasteiger partial charge in [0, 0.05) is 25.4 Å². The molecule has 23 heavy (non-hydrogen) atoms. The molecule has 128 valence electrons. The fourth-order valence-corrected chi connectivity index (χ4v) is 2.72. The molecule has 2 amide bonds. The minimum absolute atomic E-state index is 0.0113. The molecule has 7 heteroatoms. The van der Waals surface area contributed by atoms with Gasteiger partial charge in [-0.3, -0.25) is 0 Å². The molecule has 1 aliphatic heterocycles. The monoisotopic (exact) mass is 330 g/mol. The molecule has 0 aliphatic carbocycles. The third-order valence-electron chi connectivity index (χ3n) is 3.72. The first-order valence-electron chi connectivity index (χ1n) is 7.66. The number of aryl methyl sites for hydroxylation is 1. The van der Waals surface area contributed by atoms with Crippen molar-refractivity contribution in [3.05, 3.63) is 29.3 Å². The summed E-state index contributed by atoms with van der Waals surface area (Å²) in [5.74, 6) is 0. The molecule has 1 N–H and O–H groups in total. The molecule has 0 spiro atoms. The van der Waals surface area contributed by atoms with E-state index in [2.05, 4.69) is 5.32 Å². The van der Waals surface area contributed by atoms with Gasteiger partial charge in [-0.25, -0.2) is 4.79 Å². The number of benzene rings is 1. The van der Waals surface area contributed by atoms with Crippen LogP contribution in [0.25, 0.3) is 0 Å². The fourth-order valence-electron chi connectivity index (χ4n) is 2.72. The van der Waals surface area contributed by atoms with Gasteiger partial charge in [0.2, 0.25) is 0 Å². The highest BCUT2D eigenvalue weighted by Crippen LogP contribution is 2.32. The lowest BCUT2D eigenvalue weighted by Gasteiger charge is -2.32. The number of carbonyl (C=O) groups is 1. The zero-order valence-corrected chi connectivity index (χ0v) is 13.2. The summed E-state index contributed by atoms with van der Waals surface area (Å²) in [6, 6.07) is 3.14. The van der Waals surface area contributed by atoms with Gasteiger partial charge in [0.05, 0.1) is 11.7 Å². The Hall–Kier alpha value is -1.76. The molecule has 2 rings (SSSR count). The van der Waals surface area contributed by atoms with Crippen LogP contribution in [0, 0.1) is 6.92 Å². The zero-order valence-electron chi connectivity index (χ0n) is 13.2. The third kappa shape index (κ3) is 4.86. The van der Waals surface area contributed by atoms with Gasteiger partial charge in [-0.2, -0.15) is 13.2 Å². The largest absolute Gasteiger partial charge is 0.416 e. The van der Waals surface area contributed by atoms with E-state index < -0.39 is 17.8 Å². The summed E-state index contributed by atoms with van der Waals surface area (Å²) in [7, 11) is 0. The maximum atomic E-state index is 12.8. The molecule has 1 aromatic carbocycles. The quantitative estimate of drug-likeness (QED) is 0.908. The van der Waals surface area contributed by atoms with Crippen molar-refractivity contribution in [3.63, 3.8) is 0 Å². The van der Waals surface area contributed by atoms with E-state index in [0.29, 0.717) is 25.3 Å². The molecule has 0 bridgehead atoms. The van der Waals surface area contributed by atoms with E-state index in [-0.39, 0.29) is 11.8 Å². The van der Waals surface area contributed by atoms with E-state index >= 15 is 0 Å². The average Bonchev–Trinajstić information content (AvgIpc) is 2.46. The highest BCUT2D eigenvalue weighted by molar-refractivity contribution is 5.89. The number of amides is 2. The fraction of sp³-hybridized carbons (Fsp3) is 0.562. The molecular formula is C16H21F3N2O2. The molecule has 1 aliphatic rings. The van der Waals surface area contributed by atoms with Crippen molar-refractivity contribution in [2.24, 2.45) is 0 Å². The SMILES string of the molecule is CCO[C@H]1CCCN(C(=O)Nc2cc(C)cc(C(F)(F)F)c2)C1. The minimum atomic E-state index is -4.43. The van der Waals surface area contributed by atoms with Crippen LogP contribution in [0.1, 0.15) is 30.9 Å². The van der Waals surface area contributed by atoms with Crippen LogP contribution in [0.5, 0.6) is 0 Å². The van der Waals surface area contributed by atoms with Gasteiger partial charge in [-0.05, 0) is 50.5 Å². The van der Waals surface area contributed by atoms with Crippen LogP contribution in [0.2, 0.25) is 0 Å². The van der Waals surface area contributed by atoms with Crippen molar-refractivity contribution in [2.75, 3.05) is 25.0 Å². The van der Waals surface area contributed by atoms with Crippen molar-refractivity contribution < 1.29 is 22.7 Å². The van der Waals surface area contributed by atoms with Crippen LogP contribution in [-0.4, -0.2) is 36.7 Å². The average molecular weight is 330 g/mol. The predicted molar refractivity (Wildman–Crippen MR) is 81.4 cm³/mol. The molecule has 1 heterocycles. The van der Waals surface area contributed by atoms with Gasteiger partial charge in [-0.15, -0.1) is 0 Å². The van der Waals surface area contributed by atoms with Gasteiger partial charge in [0.15, 0.2) is 0 Å². The van der Waals surface area contributed by atoms with E-state index in [1.807, 2.05) is 6.92 Å². The summed E-state index contributed by atoms with van der Waals surface area (Å²) in [6.07, 6.45) is -2.74. The lowest BCUT2D eigenvalue weighted by molar-refractivity contribution is -0.137. The number of hydrogen-bond donors (Lipinski definition) is 1. The molecule has 0 saturated carbocycles. The summed E-state index contributed by atoms with van der Waals surface area (Å²) < 4.78 is 44.0. The predicted octanol–water partition coefficient (Wildman–Crippen LogP) is 4.05. The van der Waals surface area contributed by atoms with E-state index in [0.717, 1.165) is 25.0 Å². The lowest BCUT2D eigenvalue weighted by atomic mass is 10.1. The van der Waals surface area contributed by atoms with Crippen LogP contribution in [0.3, 0.4) is 0 Å². The number of rotatable bonds is 3. The van der Waals surface area contributed by atoms with E-state index in [1.54, 1.807) is 11.8 Å². The van der Waals surface area contributed by atoms with Crippen molar-refractivity contribution in [2.45, 2.75) is 39.0 Å². The Bertz CT molecular complexity index is 559. The number of anilines is 1. The highest BCUT2D eigenvalue weighted by atomic mass is 19.4. The second-order valence-electron chi connectivity index (χ2n) is 5.68. The molecule has 0 aromatic heterocycles. The number of halogens is 3. The van der Waals surface area contributed by atoms with Crippen LogP contribution in [0.15, 0.2) is 18.2 Å². The van der Waals surface area contributed by atoms with Crippen LogP contribution in [0.4, 0.5) is 23.7 Å². The van der Waals surface area contributed by atoms with Gasteiger partial charge in [-0.1, -0.05) is 0 Å². The molecule has 1 aromatic rings. The third-order valence-corrected chi connectivity index (χ3v) is 3.72. The van der Waals surface area contributed by atoms with E-state index in [1.165, 1.54) is 6.07 Å². The van der Waals surface area contributed by atoms with Gasteiger partial charge >= 0.3 is 12.2 Å². The van der Waals surface area contributed by atoms with Crippen molar-refractivity contribution >= 4 is 11.7 Å². The first kappa shape index (κ1) is 17.6. The summed E-state index contributed by atoms with van der Waals surface area (Å²) in [4.78, 5) is 13.9. The second kappa shape index (κ2) is 7.21. The maximum absolute atomic E-state index is 12.8. The van der Waals surface area contributed by atoms with Gasteiger partial charge in [0.1, 0.15) is 0 Å². The molecule has 1 atom stereocenters. The summed E-state index contributed by atoms with van der Waals surface area (Å²) in [6.45, 7) is 5.07. The van der Waals surface area contributed by atoms with Crippen molar-refractivity contribution in [1.82, 2.24) is 4.90 Å². The first-order valence-corrected chi connectivity index (χ1v) is 7.66. The number of likely N-dealkylation sites (tertiary alicyclic amines) is 1. The normalized spacial score (nSPS) is 18.8. The number of nitrogens with one attached hydrogen (secondary N) is 1. The summed E-state index contributed by atoms with van der Waals surface area (Å²) in [5, 5.41) is 2.56. The number of carbonyl (C=O) groups excluding carboxylic acids is 1. The lowest BCUT2D eigenvalue weighted by Crippen LogP contribution is -2.45. The number of alkyl halides is 3. The van der Waals surface area contributed by atoms with E-state index in [4.69, 9.17) is 4.74 Å². The molecule has 0 unspecified atom stereocenters. The van der Waals surface area contributed by atoms with E-state index in [9.17, 15) is 18.0 Å². The number of ether oxygens (including phenoxy) is 1. The summed E-state index contributed by atoms with van der Waals surface area (Å²) in [5.41, 5.74) is -0.166. The van der Waals surface area contributed by atoms with Gasteiger partial charge in [0.25, 0.3) is 0 Å². The Labute approximate surface area is 133 Å². The number of urea groups is 1. The second-order valence-corrected chi connectivity index (χ2v) is 5.68. The van der Waals surface area contributed by atoms with Crippen LogP contribution < -0.4 is 5.32 Å². The number of hydrogen-bond acceptors (Lipinski definition) is 2. The smallest absolute Gasteiger partial charge is 0.377 e. The van der Waals surface area contributed by atoms with Crippen molar-refractivity contribution in [1.29, 1.82) is 0 Å². The number of nitrogens with zero attached hydrogens (tertiary/aromatic N) is 1. The highest BCUT2D eigenvalue weighted by Gasteiger charge is 2.31. The Kier molecular flexibility index (Phi) is 5.51. The maximum Gasteiger partial charge on any atom is 0.416 e. The van der Waals surface area contributed by atoms with Crippen LogP contribution in [-0.2, 0) is 10.9 Å². The molecule has 4 nitrogen and oxygen atoms in total. The van der Waals surface area contributed by atoms with Crippen molar-refractivity contribution in [3.8, 4) is 0 Å². The summed E-state index contributed by atoms with van der Waals surface area (Å²) >= 11 is 0. The standard InChI is InChI=1S/C16H21F3N2O2/c1-3-23-14-5-4-6-21(10-14)15(22)20-13-8-11(2)7-12(9-13)16(17,18)19/h7-9,14H,3-6,10H2,1-2H3,(H,20,22)/t14-/m0/s1. The Morgan fingerprint density at radius 2 is 2.13 bits per heavy atom. The molecule has 1 fully saturated rings. The molecular weight excluding hydrogens is 309 g/mol. The Morgan fingerprint density at radius 1 is 1.39 bits per heavy atom. The molecule has 0 radical (unpaired) electrons. The Morgan fingerprint density at radius 3 is 2.78 bits per heavy atom. The van der Waals surface area contributed by atoms with Crippen LogP contribution >= 0.6 is 0 Å². The zero-order chi connectivity index (χ0) is 17.0. The minimum Gasteiger partial charge on any atom is -0.377 e. The van der Waals surface area contributed by atoms with Gasteiger partial charge < -0.3 is 15.0 Å². The Balaban J connectivity index is 2.06. The topological polar surface area (TPSA) is 41.6 Å². The first-order chi connectivity index (χ1) is 10.8.